The number of aromatic nitrogens is 2. The Hall–Kier alpha value is -1.85. The lowest BCUT2D eigenvalue weighted by Crippen LogP contribution is -2.43. The Labute approximate surface area is 147 Å². The van der Waals surface area contributed by atoms with Gasteiger partial charge in [-0.15, -0.1) is 0 Å². The molecule has 0 saturated carbocycles. The molecular formula is C13H21FN3O8P. The Bertz CT molecular complexity index is 787. The third kappa shape index (κ3) is 6.81. The van der Waals surface area contributed by atoms with Crippen LogP contribution in [0.4, 0.5) is 4.39 Å². The van der Waals surface area contributed by atoms with Crippen molar-refractivity contribution in [1.82, 2.24) is 15.0 Å². The van der Waals surface area contributed by atoms with Gasteiger partial charge in [0.25, 0.3) is 11.5 Å². The van der Waals surface area contributed by atoms with Gasteiger partial charge in [0.1, 0.15) is 6.35 Å². The lowest BCUT2D eigenvalue weighted by molar-refractivity contribution is 0.0292. The van der Waals surface area contributed by atoms with Crippen LogP contribution in [-0.4, -0.2) is 44.3 Å². The monoisotopic (exact) mass is 397 g/mol. The van der Waals surface area contributed by atoms with Crippen LogP contribution in [0.25, 0.3) is 0 Å². The number of carbonyl (C=O) groups excluding carboxylic acids is 1. The van der Waals surface area contributed by atoms with Gasteiger partial charge in [-0.2, -0.15) is 4.39 Å². The summed E-state index contributed by atoms with van der Waals surface area (Å²) in [4.78, 5) is 59.9. The highest BCUT2D eigenvalue weighted by Crippen LogP contribution is 2.34. The summed E-state index contributed by atoms with van der Waals surface area (Å²) in [5.74, 6) is -2.62. The molecule has 1 aromatic heterocycles. The smallest absolute Gasteiger partial charge is 0.350 e. The van der Waals surface area contributed by atoms with Crippen molar-refractivity contribution in [3.63, 3.8) is 0 Å². The summed E-state index contributed by atoms with van der Waals surface area (Å²) in [7, 11) is -4.43. The molecule has 0 unspecified atom stereocenters. The molecule has 26 heavy (non-hydrogen) atoms. The Morgan fingerprint density at radius 2 is 2.08 bits per heavy atom. The number of rotatable bonds is 10. The summed E-state index contributed by atoms with van der Waals surface area (Å²) < 4.78 is 30.1. The number of nitrogens with zero attached hydrogens (tertiary/aromatic N) is 1. The molecule has 0 aromatic carbocycles. The summed E-state index contributed by atoms with van der Waals surface area (Å²) in [6.07, 6.45) is -0.441. The van der Waals surface area contributed by atoms with Crippen molar-refractivity contribution in [1.29, 1.82) is 0 Å². The van der Waals surface area contributed by atoms with Crippen molar-refractivity contribution in [2.45, 2.75) is 39.3 Å². The average Bonchev–Trinajstić information content (AvgIpc) is 2.56. The highest BCUT2D eigenvalue weighted by Gasteiger charge is 2.22. The first-order valence-electron chi connectivity index (χ1n) is 7.67. The summed E-state index contributed by atoms with van der Waals surface area (Å²) >= 11 is 0. The van der Waals surface area contributed by atoms with Gasteiger partial charge in [-0.1, -0.05) is 13.3 Å². The molecule has 0 spiro atoms. The number of H-pyrrole nitrogens is 1. The molecule has 1 amide bonds. The van der Waals surface area contributed by atoms with Crippen molar-refractivity contribution < 1.29 is 33.1 Å². The zero-order valence-corrected chi connectivity index (χ0v) is 15.1. The molecule has 0 aliphatic rings. The van der Waals surface area contributed by atoms with Gasteiger partial charge in [-0.25, -0.2) is 10.3 Å². The molecular weight excluding hydrogens is 376 g/mol. The Morgan fingerprint density at radius 3 is 2.65 bits per heavy atom. The highest BCUT2D eigenvalue weighted by molar-refractivity contribution is 7.51. The number of carbonyl (C=O) groups is 1. The maximum atomic E-state index is 14.1. The average molecular weight is 397 g/mol. The summed E-state index contributed by atoms with van der Waals surface area (Å²) in [6.45, 7) is 2.94. The van der Waals surface area contributed by atoms with Crippen molar-refractivity contribution in [2.75, 3.05) is 13.0 Å². The number of nitrogens with one attached hydrogen (secondary N) is 2. The van der Waals surface area contributed by atoms with Gasteiger partial charge in [-0.3, -0.25) is 28.5 Å². The molecule has 0 bridgehead atoms. The van der Waals surface area contributed by atoms with Gasteiger partial charge >= 0.3 is 13.3 Å². The maximum Gasteiger partial charge on any atom is 0.350 e. The maximum absolute atomic E-state index is 14.1. The molecule has 0 saturated heterocycles. The second kappa shape index (κ2) is 9.74. The highest BCUT2D eigenvalue weighted by atomic mass is 31.2. The van der Waals surface area contributed by atoms with E-state index in [0.29, 0.717) is 11.0 Å². The molecule has 1 aromatic rings. The normalized spacial score (nSPS) is 12.8. The molecule has 148 valence electrons. The Balaban J connectivity index is 2.90. The minimum absolute atomic E-state index is 0.180. The molecule has 0 radical (unpaired) electrons. The minimum atomic E-state index is -4.43. The van der Waals surface area contributed by atoms with E-state index in [-0.39, 0.29) is 6.61 Å². The van der Waals surface area contributed by atoms with Crippen LogP contribution in [0.3, 0.4) is 0 Å². The molecule has 1 heterocycles. The quantitative estimate of drug-likeness (QED) is 0.237. The number of hydrogen-bond donors (Lipinski definition) is 4. The summed E-state index contributed by atoms with van der Waals surface area (Å²) in [6, 6.07) is 0. The Kier molecular flexibility index (Phi) is 8.31. The molecule has 11 nitrogen and oxygen atoms in total. The lowest BCUT2D eigenvalue weighted by Gasteiger charge is -2.15. The third-order valence-corrected chi connectivity index (χ3v) is 3.57. The molecule has 0 aliphatic carbocycles. The topological polar surface area (TPSA) is 160 Å². The van der Waals surface area contributed by atoms with Gasteiger partial charge in [0.15, 0.2) is 5.69 Å². The van der Waals surface area contributed by atoms with Crippen LogP contribution >= 0.6 is 7.60 Å². The van der Waals surface area contributed by atoms with Gasteiger partial charge in [0, 0.05) is 0 Å². The fourth-order valence-electron chi connectivity index (χ4n) is 1.79. The number of aromatic amines is 1. The van der Waals surface area contributed by atoms with Gasteiger partial charge in [-0.05, 0) is 13.3 Å². The molecule has 1 rings (SSSR count). The minimum Gasteiger partial charge on any atom is -0.364 e. The van der Waals surface area contributed by atoms with Crippen molar-refractivity contribution in [3.8, 4) is 0 Å². The SMILES string of the molecule is CCCCONC(=O)c1[nH]c(=O)n(C[C@@H](C)OCP(=O)(O)O)c(=O)c1F. The zero-order chi connectivity index (χ0) is 19.9. The largest absolute Gasteiger partial charge is 0.364 e. The van der Waals surface area contributed by atoms with E-state index in [1.165, 1.54) is 6.92 Å². The van der Waals surface area contributed by atoms with E-state index in [2.05, 4.69) is 0 Å². The van der Waals surface area contributed by atoms with Crippen LogP contribution in [0, 0.1) is 5.82 Å². The standard InChI is InChI=1S/C13H21FN3O8P/c1-3-4-5-25-16-11(18)10-9(14)12(19)17(13(20)15-10)6-8(2)24-7-26(21,22)23/h8H,3-7H2,1-2H3,(H,15,20)(H,16,18)(H2,21,22,23)/t8-/m1/s1. The van der Waals surface area contributed by atoms with E-state index < -0.39 is 55.3 Å². The number of ether oxygens (including phenoxy) is 1. The van der Waals surface area contributed by atoms with Crippen LogP contribution in [0.15, 0.2) is 9.59 Å². The van der Waals surface area contributed by atoms with E-state index in [9.17, 15) is 23.3 Å². The predicted molar refractivity (Wildman–Crippen MR) is 87.1 cm³/mol. The third-order valence-electron chi connectivity index (χ3n) is 3.09. The molecule has 4 N–H and O–H groups in total. The van der Waals surface area contributed by atoms with E-state index in [4.69, 9.17) is 19.4 Å². The second-order valence-electron chi connectivity index (χ2n) is 5.44. The fourth-order valence-corrected chi connectivity index (χ4v) is 2.24. The molecule has 13 heteroatoms. The number of hydroxylamine groups is 1. The number of amides is 1. The summed E-state index contributed by atoms with van der Waals surface area (Å²) in [5, 5.41) is 0. The lowest BCUT2D eigenvalue weighted by atomic mass is 10.3. The van der Waals surface area contributed by atoms with Gasteiger partial charge < -0.3 is 14.5 Å². The number of unbranched alkanes of at least 4 members (excludes halogenated alkanes) is 1. The molecule has 0 aliphatic heterocycles. The molecule has 0 fully saturated rings. The van der Waals surface area contributed by atoms with Crippen LogP contribution in [0.2, 0.25) is 0 Å². The van der Waals surface area contributed by atoms with Gasteiger partial charge in [0.2, 0.25) is 5.82 Å². The zero-order valence-electron chi connectivity index (χ0n) is 14.2. The van der Waals surface area contributed by atoms with E-state index >= 15 is 0 Å². The van der Waals surface area contributed by atoms with Gasteiger partial charge in [0.05, 0.1) is 19.3 Å². The van der Waals surface area contributed by atoms with Crippen LogP contribution in [0.1, 0.15) is 37.2 Å². The first-order chi connectivity index (χ1) is 12.1. The number of halogens is 1. The van der Waals surface area contributed by atoms with Crippen LogP contribution in [0.5, 0.6) is 0 Å². The predicted octanol–water partition coefficient (Wildman–Crippen LogP) is -0.323. The van der Waals surface area contributed by atoms with Crippen molar-refractivity contribution >= 4 is 13.5 Å². The van der Waals surface area contributed by atoms with Crippen LogP contribution < -0.4 is 16.7 Å². The van der Waals surface area contributed by atoms with Crippen molar-refractivity contribution in [3.05, 3.63) is 32.3 Å². The summed E-state index contributed by atoms with van der Waals surface area (Å²) in [5.41, 5.74) is -1.42. The fraction of sp³-hybridized carbons (Fsp3) is 0.615. The first-order valence-corrected chi connectivity index (χ1v) is 9.47. The van der Waals surface area contributed by atoms with Crippen molar-refractivity contribution in [2.24, 2.45) is 0 Å². The van der Waals surface area contributed by atoms with E-state index in [1.54, 1.807) is 0 Å². The van der Waals surface area contributed by atoms with E-state index in [1.807, 2.05) is 17.4 Å². The first kappa shape index (κ1) is 22.2. The van der Waals surface area contributed by atoms with Crippen LogP contribution in [-0.2, 0) is 20.7 Å². The Morgan fingerprint density at radius 1 is 1.42 bits per heavy atom. The molecule has 1 atom stereocenters. The number of hydrogen-bond acceptors (Lipinski definition) is 6. The van der Waals surface area contributed by atoms with E-state index in [0.717, 1.165) is 6.42 Å². The second-order valence-corrected chi connectivity index (χ2v) is 7.03.